The Morgan fingerprint density at radius 2 is 2.33 bits per heavy atom. The normalized spacial score (nSPS) is 26.8. The summed E-state index contributed by atoms with van der Waals surface area (Å²) in [4.78, 5) is 4.05. The van der Waals surface area contributed by atoms with Gasteiger partial charge in [0.25, 0.3) is 0 Å². The highest BCUT2D eigenvalue weighted by molar-refractivity contribution is 5.50. The van der Waals surface area contributed by atoms with E-state index in [1.165, 1.54) is 17.7 Å². The SMILES string of the molecule is Cc1cnccc1N[C@@H]1C[C@H]1C. The van der Waals surface area contributed by atoms with Gasteiger partial charge < -0.3 is 5.32 Å². The summed E-state index contributed by atoms with van der Waals surface area (Å²) in [6.45, 7) is 4.36. The summed E-state index contributed by atoms with van der Waals surface area (Å²) in [7, 11) is 0. The van der Waals surface area contributed by atoms with Crippen molar-refractivity contribution in [2.45, 2.75) is 26.3 Å². The second-order valence-corrected chi connectivity index (χ2v) is 3.65. The zero-order chi connectivity index (χ0) is 8.55. The van der Waals surface area contributed by atoms with E-state index in [1.54, 1.807) is 0 Å². The average Bonchev–Trinajstić information content (AvgIpc) is 2.72. The largest absolute Gasteiger partial charge is 0.382 e. The minimum absolute atomic E-state index is 0.700. The van der Waals surface area contributed by atoms with Crippen LogP contribution in [0.5, 0.6) is 0 Å². The van der Waals surface area contributed by atoms with Gasteiger partial charge >= 0.3 is 0 Å². The van der Waals surface area contributed by atoms with E-state index in [0.717, 1.165) is 5.92 Å². The number of nitrogens with one attached hydrogen (secondary N) is 1. The summed E-state index contributed by atoms with van der Waals surface area (Å²) >= 11 is 0. The molecule has 0 aliphatic heterocycles. The molecular formula is C10H14N2. The van der Waals surface area contributed by atoms with Crippen LogP contribution in [0.25, 0.3) is 0 Å². The van der Waals surface area contributed by atoms with Crippen LogP contribution in [0.4, 0.5) is 5.69 Å². The van der Waals surface area contributed by atoms with Gasteiger partial charge in [-0.1, -0.05) is 6.92 Å². The highest BCUT2D eigenvalue weighted by Gasteiger charge is 2.32. The van der Waals surface area contributed by atoms with Gasteiger partial charge in [0.2, 0.25) is 0 Å². The van der Waals surface area contributed by atoms with Crippen LogP contribution in [0.15, 0.2) is 18.5 Å². The molecule has 0 saturated heterocycles. The van der Waals surface area contributed by atoms with E-state index in [-0.39, 0.29) is 0 Å². The van der Waals surface area contributed by atoms with Crippen molar-refractivity contribution in [1.29, 1.82) is 0 Å². The number of aryl methyl sites for hydroxylation is 1. The first kappa shape index (κ1) is 7.59. The lowest BCUT2D eigenvalue weighted by Gasteiger charge is -2.06. The second kappa shape index (κ2) is 2.77. The van der Waals surface area contributed by atoms with Crippen LogP contribution in [0.2, 0.25) is 0 Å². The van der Waals surface area contributed by atoms with Crippen molar-refractivity contribution in [1.82, 2.24) is 4.98 Å². The predicted molar refractivity (Wildman–Crippen MR) is 50.2 cm³/mol. The quantitative estimate of drug-likeness (QED) is 0.721. The molecule has 2 atom stereocenters. The first-order valence-electron chi connectivity index (χ1n) is 4.44. The molecule has 0 bridgehead atoms. The number of rotatable bonds is 2. The minimum atomic E-state index is 0.700. The molecule has 0 amide bonds. The molecule has 0 unspecified atom stereocenters. The first-order chi connectivity index (χ1) is 5.77. The summed E-state index contributed by atoms with van der Waals surface area (Å²) in [5.74, 6) is 0.845. The van der Waals surface area contributed by atoms with Crippen molar-refractivity contribution < 1.29 is 0 Å². The van der Waals surface area contributed by atoms with E-state index in [1.807, 2.05) is 18.5 Å². The first-order valence-corrected chi connectivity index (χ1v) is 4.44. The fourth-order valence-corrected chi connectivity index (χ4v) is 1.36. The van der Waals surface area contributed by atoms with Crippen molar-refractivity contribution in [3.8, 4) is 0 Å². The zero-order valence-corrected chi connectivity index (χ0v) is 7.54. The van der Waals surface area contributed by atoms with E-state index in [4.69, 9.17) is 0 Å². The van der Waals surface area contributed by atoms with Crippen LogP contribution in [0.1, 0.15) is 18.9 Å². The van der Waals surface area contributed by atoms with Gasteiger partial charge in [-0.2, -0.15) is 0 Å². The highest BCUT2D eigenvalue weighted by atomic mass is 15.0. The molecule has 64 valence electrons. The molecule has 0 spiro atoms. The minimum Gasteiger partial charge on any atom is -0.382 e. The molecule has 1 N–H and O–H groups in total. The lowest BCUT2D eigenvalue weighted by atomic mass is 10.2. The van der Waals surface area contributed by atoms with Crippen LogP contribution in [0.3, 0.4) is 0 Å². The third-order valence-corrected chi connectivity index (χ3v) is 2.47. The van der Waals surface area contributed by atoms with Gasteiger partial charge in [0, 0.05) is 24.1 Å². The Bertz CT molecular complexity index is 283. The van der Waals surface area contributed by atoms with Crippen LogP contribution >= 0.6 is 0 Å². The molecule has 2 nitrogen and oxygen atoms in total. The van der Waals surface area contributed by atoms with Crippen LogP contribution in [0, 0.1) is 12.8 Å². The fourth-order valence-electron chi connectivity index (χ4n) is 1.36. The predicted octanol–water partition coefficient (Wildman–Crippen LogP) is 2.21. The van der Waals surface area contributed by atoms with E-state index in [9.17, 15) is 0 Å². The van der Waals surface area contributed by atoms with Gasteiger partial charge in [-0.3, -0.25) is 4.98 Å². The summed E-state index contributed by atoms with van der Waals surface area (Å²) < 4.78 is 0. The van der Waals surface area contributed by atoms with Gasteiger partial charge in [0.1, 0.15) is 0 Å². The van der Waals surface area contributed by atoms with Gasteiger partial charge in [-0.15, -0.1) is 0 Å². The van der Waals surface area contributed by atoms with E-state index >= 15 is 0 Å². The maximum absolute atomic E-state index is 4.05. The molecule has 2 heteroatoms. The lowest BCUT2D eigenvalue weighted by molar-refractivity contribution is 0.927. The monoisotopic (exact) mass is 162 g/mol. The summed E-state index contributed by atoms with van der Waals surface area (Å²) in [5, 5.41) is 3.49. The lowest BCUT2D eigenvalue weighted by Crippen LogP contribution is -2.04. The third kappa shape index (κ3) is 1.42. The Morgan fingerprint density at radius 3 is 2.92 bits per heavy atom. The van der Waals surface area contributed by atoms with Crippen LogP contribution in [-0.4, -0.2) is 11.0 Å². The van der Waals surface area contributed by atoms with Gasteiger partial charge in [-0.25, -0.2) is 0 Å². The van der Waals surface area contributed by atoms with Crippen molar-refractivity contribution in [2.24, 2.45) is 5.92 Å². The summed E-state index contributed by atoms with van der Waals surface area (Å²) in [5.41, 5.74) is 2.47. The molecule has 1 aromatic rings. The van der Waals surface area contributed by atoms with Crippen LogP contribution < -0.4 is 5.32 Å². The summed E-state index contributed by atoms with van der Waals surface area (Å²) in [6, 6.07) is 2.74. The standard InChI is InChI=1S/C10H14N2/c1-7-5-10(7)12-9-3-4-11-6-8(9)2/h3-4,6-7,10H,5H2,1-2H3,(H,11,12)/t7-,10-/m1/s1. The number of anilines is 1. The van der Waals surface area contributed by atoms with Gasteiger partial charge in [0.15, 0.2) is 0 Å². The maximum atomic E-state index is 4.05. The topological polar surface area (TPSA) is 24.9 Å². The van der Waals surface area contributed by atoms with Crippen molar-refractivity contribution in [3.05, 3.63) is 24.0 Å². The molecule has 1 aliphatic rings. The Kier molecular flexibility index (Phi) is 1.75. The van der Waals surface area contributed by atoms with E-state index in [0.29, 0.717) is 6.04 Å². The van der Waals surface area contributed by atoms with Crippen molar-refractivity contribution >= 4 is 5.69 Å². The molecule has 1 aliphatic carbocycles. The molecule has 1 heterocycles. The zero-order valence-electron chi connectivity index (χ0n) is 7.54. The maximum Gasteiger partial charge on any atom is 0.0403 e. The second-order valence-electron chi connectivity index (χ2n) is 3.65. The molecule has 1 saturated carbocycles. The third-order valence-electron chi connectivity index (χ3n) is 2.47. The Morgan fingerprint density at radius 1 is 1.58 bits per heavy atom. The molecule has 1 aromatic heterocycles. The van der Waals surface area contributed by atoms with E-state index in [2.05, 4.69) is 24.1 Å². The molecule has 1 fully saturated rings. The molecule has 0 aromatic carbocycles. The molecule has 0 radical (unpaired) electrons. The van der Waals surface area contributed by atoms with Crippen molar-refractivity contribution in [2.75, 3.05) is 5.32 Å². The number of hydrogen-bond acceptors (Lipinski definition) is 2. The Balaban J connectivity index is 2.08. The Hall–Kier alpha value is -1.05. The number of aromatic nitrogens is 1. The molecule has 12 heavy (non-hydrogen) atoms. The number of hydrogen-bond donors (Lipinski definition) is 1. The van der Waals surface area contributed by atoms with Crippen molar-refractivity contribution in [3.63, 3.8) is 0 Å². The highest BCUT2D eigenvalue weighted by Crippen LogP contribution is 2.33. The average molecular weight is 162 g/mol. The van der Waals surface area contributed by atoms with Crippen LogP contribution in [-0.2, 0) is 0 Å². The van der Waals surface area contributed by atoms with Gasteiger partial charge in [0.05, 0.1) is 0 Å². The molecular weight excluding hydrogens is 148 g/mol. The number of pyridine rings is 1. The Labute approximate surface area is 73.0 Å². The van der Waals surface area contributed by atoms with Gasteiger partial charge in [-0.05, 0) is 30.9 Å². The summed E-state index contributed by atoms with van der Waals surface area (Å²) in [6.07, 6.45) is 5.04. The smallest absolute Gasteiger partial charge is 0.0403 e. The fraction of sp³-hybridized carbons (Fsp3) is 0.500. The number of nitrogens with zero attached hydrogens (tertiary/aromatic N) is 1. The van der Waals surface area contributed by atoms with E-state index < -0.39 is 0 Å². The molecule has 2 rings (SSSR count).